The normalized spacial score (nSPS) is 14.7. The second-order valence-corrected chi connectivity index (χ2v) is 19.1. The van der Waals surface area contributed by atoms with Gasteiger partial charge in [-0.25, -0.2) is 4.98 Å². The predicted octanol–water partition coefficient (Wildman–Crippen LogP) is 15.2. The van der Waals surface area contributed by atoms with Gasteiger partial charge >= 0.3 is 0 Å². The van der Waals surface area contributed by atoms with Crippen LogP contribution in [0.25, 0.3) is 110 Å². The van der Waals surface area contributed by atoms with Crippen LogP contribution in [0.1, 0.15) is 51.7 Å². The molecule has 3 heterocycles. The molecule has 0 amide bonds. The summed E-state index contributed by atoms with van der Waals surface area (Å²) < 4.78 is 4.80. The Balaban J connectivity index is 1.22. The van der Waals surface area contributed by atoms with E-state index in [1.165, 1.54) is 65.3 Å². The van der Waals surface area contributed by atoms with E-state index in [1.807, 2.05) is 6.07 Å². The van der Waals surface area contributed by atoms with Gasteiger partial charge in [0.25, 0.3) is 0 Å². The molecule has 0 N–H and O–H groups in total. The summed E-state index contributed by atoms with van der Waals surface area (Å²) in [5.74, 6) is 1.89. The highest BCUT2D eigenvalue weighted by atomic mass is 15.2. The first-order valence-electron chi connectivity index (χ1n) is 22.5. The number of hydrogen-bond acceptors (Lipinski definition) is 3. The number of fused-ring (bicyclic) bond motifs is 13. The number of aromatic nitrogens is 5. The molecular weight excluding hydrogens is 779 g/mol. The van der Waals surface area contributed by atoms with Crippen LogP contribution < -0.4 is 0 Å². The Bertz CT molecular complexity index is 3890. The molecule has 0 saturated heterocycles. The van der Waals surface area contributed by atoms with Gasteiger partial charge in [-0.05, 0) is 116 Å². The van der Waals surface area contributed by atoms with Crippen molar-refractivity contribution in [1.29, 1.82) is 0 Å². The zero-order valence-corrected chi connectivity index (χ0v) is 36.4. The lowest BCUT2D eigenvalue weighted by atomic mass is 9.63. The fourth-order valence-corrected chi connectivity index (χ4v) is 11.0. The Morgan fingerprint density at radius 3 is 1.69 bits per heavy atom. The minimum Gasteiger partial charge on any atom is -0.309 e. The smallest absolute Gasteiger partial charge is 0.238 e. The lowest BCUT2D eigenvalue weighted by Crippen LogP contribution is -2.33. The van der Waals surface area contributed by atoms with E-state index in [9.17, 15) is 0 Å². The highest BCUT2D eigenvalue weighted by molar-refractivity contribution is 6.33. The van der Waals surface area contributed by atoms with E-state index in [4.69, 9.17) is 15.0 Å². The third-order valence-corrected chi connectivity index (χ3v) is 14.4. The Labute approximate surface area is 371 Å². The van der Waals surface area contributed by atoms with E-state index < -0.39 is 0 Å². The molecule has 1 aliphatic rings. The molecule has 5 heteroatoms. The molecule has 0 bridgehead atoms. The van der Waals surface area contributed by atoms with Crippen LogP contribution in [0.15, 0.2) is 176 Å². The summed E-state index contributed by atoms with van der Waals surface area (Å²) in [5.41, 5.74) is 10.4. The zero-order chi connectivity index (χ0) is 42.9. The predicted molar refractivity (Wildman–Crippen MR) is 267 cm³/mol. The SMILES string of the molecule is CC1(C)CCC(C)(C)c2cc3c(cc21)c1c2c4c5ccccc5ccc4n(-c4ccccc4)c2ccc1n3-c1nc(-c2ccccc2)nc(-c2cc3ccccc3c3ccccc23)n1. The van der Waals surface area contributed by atoms with Crippen LogP contribution in [0.3, 0.4) is 0 Å². The first-order chi connectivity index (χ1) is 31.2. The van der Waals surface area contributed by atoms with Crippen molar-refractivity contribution in [1.82, 2.24) is 24.1 Å². The van der Waals surface area contributed by atoms with Crippen molar-refractivity contribution in [2.45, 2.75) is 51.4 Å². The Morgan fingerprint density at radius 2 is 0.938 bits per heavy atom. The summed E-state index contributed by atoms with van der Waals surface area (Å²) >= 11 is 0. The molecule has 64 heavy (non-hydrogen) atoms. The number of para-hydroxylation sites is 1. The van der Waals surface area contributed by atoms with Crippen LogP contribution in [0, 0.1) is 0 Å². The van der Waals surface area contributed by atoms with Crippen LogP contribution >= 0.6 is 0 Å². The molecule has 9 aromatic carbocycles. The molecule has 0 spiro atoms. The molecule has 0 fully saturated rings. The summed E-state index contributed by atoms with van der Waals surface area (Å²) in [5, 5.41) is 12.0. The van der Waals surface area contributed by atoms with Crippen molar-refractivity contribution in [2.75, 3.05) is 0 Å². The Morgan fingerprint density at radius 1 is 0.391 bits per heavy atom. The quantitative estimate of drug-likeness (QED) is 0.166. The molecule has 12 aromatic rings. The van der Waals surface area contributed by atoms with Crippen LogP contribution in [-0.2, 0) is 10.8 Å². The molecule has 0 atom stereocenters. The maximum absolute atomic E-state index is 5.59. The van der Waals surface area contributed by atoms with Gasteiger partial charge in [-0.2, -0.15) is 9.97 Å². The van der Waals surface area contributed by atoms with Gasteiger partial charge in [0.1, 0.15) is 0 Å². The highest BCUT2D eigenvalue weighted by Crippen LogP contribution is 2.51. The summed E-state index contributed by atoms with van der Waals surface area (Å²) in [6, 6.07) is 63.7. The highest BCUT2D eigenvalue weighted by Gasteiger charge is 2.38. The molecule has 0 radical (unpaired) electrons. The van der Waals surface area contributed by atoms with Gasteiger partial charge < -0.3 is 4.57 Å². The monoisotopic (exact) mass is 823 g/mol. The molecule has 0 unspecified atom stereocenters. The fourth-order valence-electron chi connectivity index (χ4n) is 11.0. The maximum Gasteiger partial charge on any atom is 0.238 e. The first-order valence-corrected chi connectivity index (χ1v) is 22.5. The third kappa shape index (κ3) is 5.34. The lowest BCUT2D eigenvalue weighted by Gasteiger charge is -2.42. The van der Waals surface area contributed by atoms with Gasteiger partial charge in [-0.15, -0.1) is 0 Å². The molecule has 13 rings (SSSR count). The standard InChI is InChI=1S/C59H45N5/c1-58(2)31-32-59(3,4)47-35-51-45(34-46(47)58)53-49(29-30-50-54(53)52-41-24-14-11-17-36(41)27-28-48(52)63(50)39-21-9-6-10-22-39)64(51)57-61-55(37-18-7-5-8-19-37)60-56(62-57)44-33-38-20-12-13-23-40(38)42-25-15-16-26-43(42)44/h5-30,33-35H,31-32H2,1-4H3. The van der Waals surface area contributed by atoms with E-state index in [-0.39, 0.29) is 10.8 Å². The fraction of sp³-hybridized carbons (Fsp3) is 0.136. The van der Waals surface area contributed by atoms with Crippen molar-refractivity contribution in [3.05, 3.63) is 187 Å². The third-order valence-electron chi connectivity index (χ3n) is 14.4. The van der Waals surface area contributed by atoms with E-state index in [1.54, 1.807) is 0 Å². The van der Waals surface area contributed by atoms with Crippen LogP contribution in [-0.4, -0.2) is 24.1 Å². The van der Waals surface area contributed by atoms with Crippen molar-refractivity contribution in [3.63, 3.8) is 0 Å². The van der Waals surface area contributed by atoms with Crippen molar-refractivity contribution in [2.24, 2.45) is 0 Å². The van der Waals surface area contributed by atoms with Gasteiger partial charge in [0.05, 0.1) is 22.1 Å². The van der Waals surface area contributed by atoms with Crippen molar-refractivity contribution < 1.29 is 0 Å². The molecule has 0 aliphatic heterocycles. The van der Waals surface area contributed by atoms with E-state index >= 15 is 0 Å². The second kappa shape index (κ2) is 13.4. The van der Waals surface area contributed by atoms with Crippen molar-refractivity contribution in [3.8, 4) is 34.4 Å². The summed E-state index contributed by atoms with van der Waals surface area (Å²) in [6.45, 7) is 9.68. The van der Waals surface area contributed by atoms with E-state index in [2.05, 4.69) is 207 Å². The number of nitrogens with zero attached hydrogens (tertiary/aromatic N) is 5. The van der Waals surface area contributed by atoms with Gasteiger partial charge in [-0.3, -0.25) is 4.57 Å². The number of benzene rings is 9. The Kier molecular flexibility index (Phi) is 7.76. The minimum absolute atomic E-state index is 0.00402. The average molecular weight is 824 g/mol. The molecule has 5 nitrogen and oxygen atoms in total. The van der Waals surface area contributed by atoms with Crippen molar-refractivity contribution >= 4 is 75.9 Å². The maximum atomic E-state index is 5.59. The summed E-state index contributed by atoms with van der Waals surface area (Å²) in [6.07, 6.45) is 2.24. The van der Waals surface area contributed by atoms with E-state index in [0.29, 0.717) is 17.6 Å². The number of hydrogen-bond donors (Lipinski definition) is 0. The van der Waals surface area contributed by atoms with Crippen LogP contribution in [0.2, 0.25) is 0 Å². The summed E-state index contributed by atoms with van der Waals surface area (Å²) in [4.78, 5) is 16.4. The van der Waals surface area contributed by atoms with Gasteiger partial charge in [-0.1, -0.05) is 155 Å². The second-order valence-electron chi connectivity index (χ2n) is 19.1. The average Bonchev–Trinajstić information content (AvgIpc) is 3.85. The molecular formula is C59H45N5. The summed E-state index contributed by atoms with van der Waals surface area (Å²) in [7, 11) is 0. The van der Waals surface area contributed by atoms with Crippen LogP contribution in [0.5, 0.6) is 0 Å². The first kappa shape index (κ1) is 37.0. The van der Waals surface area contributed by atoms with Gasteiger partial charge in [0, 0.05) is 38.4 Å². The molecule has 3 aromatic heterocycles. The lowest BCUT2D eigenvalue weighted by molar-refractivity contribution is 0.332. The number of rotatable bonds is 4. The molecule has 1 aliphatic carbocycles. The zero-order valence-electron chi connectivity index (χ0n) is 36.4. The molecule has 0 saturated carbocycles. The van der Waals surface area contributed by atoms with Gasteiger partial charge in [0.2, 0.25) is 5.95 Å². The Hall–Kier alpha value is -7.63. The largest absolute Gasteiger partial charge is 0.309 e. The van der Waals surface area contributed by atoms with E-state index in [0.717, 1.165) is 51.5 Å². The minimum atomic E-state index is -0.0152. The van der Waals surface area contributed by atoms with Crippen LogP contribution in [0.4, 0.5) is 0 Å². The molecule has 306 valence electrons. The topological polar surface area (TPSA) is 48.5 Å². The van der Waals surface area contributed by atoms with Gasteiger partial charge in [0.15, 0.2) is 11.6 Å².